The molecule has 2 N–H and O–H groups in total. The van der Waals surface area contributed by atoms with Crippen LogP contribution in [-0.2, 0) is 6.18 Å². The van der Waals surface area contributed by atoms with Crippen molar-refractivity contribution in [2.45, 2.75) is 13.1 Å². The standard InChI is InChI=1S/C14H10F3N5O/c1-7-5-10(8-3-2-4-19-11(8)14(15,16)17)21-13-9(12(18)23)6-20-22(7)13/h2-6H,1H3,(H2,18,23). The van der Waals surface area contributed by atoms with Gasteiger partial charge in [0.15, 0.2) is 11.3 Å². The van der Waals surface area contributed by atoms with E-state index in [2.05, 4.69) is 15.1 Å². The molecule has 3 rings (SSSR count). The number of primary amides is 1. The molecule has 0 aromatic carbocycles. The van der Waals surface area contributed by atoms with Crippen molar-refractivity contribution in [1.82, 2.24) is 19.6 Å². The number of aromatic nitrogens is 4. The van der Waals surface area contributed by atoms with E-state index in [0.717, 1.165) is 6.20 Å². The van der Waals surface area contributed by atoms with Crippen molar-refractivity contribution in [2.75, 3.05) is 0 Å². The zero-order valence-electron chi connectivity index (χ0n) is 11.8. The van der Waals surface area contributed by atoms with Crippen LogP contribution in [0.25, 0.3) is 16.9 Å². The smallest absolute Gasteiger partial charge is 0.365 e. The summed E-state index contributed by atoms with van der Waals surface area (Å²) in [6.45, 7) is 1.64. The summed E-state index contributed by atoms with van der Waals surface area (Å²) in [5, 5.41) is 3.96. The predicted octanol–water partition coefficient (Wildman–Crippen LogP) is 2.22. The fraction of sp³-hybridized carbons (Fsp3) is 0.143. The van der Waals surface area contributed by atoms with Crippen LogP contribution in [0, 0.1) is 6.92 Å². The molecular formula is C14H10F3N5O. The van der Waals surface area contributed by atoms with Gasteiger partial charge in [-0.25, -0.2) is 9.50 Å². The van der Waals surface area contributed by atoms with Gasteiger partial charge in [-0.2, -0.15) is 18.3 Å². The van der Waals surface area contributed by atoms with Crippen LogP contribution < -0.4 is 5.73 Å². The maximum Gasteiger partial charge on any atom is 0.434 e. The predicted molar refractivity (Wildman–Crippen MR) is 74.5 cm³/mol. The highest BCUT2D eigenvalue weighted by Crippen LogP contribution is 2.35. The normalized spacial score (nSPS) is 11.8. The van der Waals surface area contributed by atoms with Crippen LogP contribution in [0.2, 0.25) is 0 Å². The third-order valence-corrected chi connectivity index (χ3v) is 3.27. The molecule has 23 heavy (non-hydrogen) atoms. The summed E-state index contributed by atoms with van der Waals surface area (Å²) < 4.78 is 40.7. The molecular weight excluding hydrogens is 311 g/mol. The van der Waals surface area contributed by atoms with Gasteiger partial charge in [0, 0.05) is 17.5 Å². The summed E-state index contributed by atoms with van der Waals surface area (Å²) >= 11 is 0. The molecule has 0 saturated carbocycles. The fourth-order valence-corrected chi connectivity index (χ4v) is 2.26. The van der Waals surface area contributed by atoms with E-state index in [4.69, 9.17) is 5.73 Å². The number of pyridine rings is 1. The highest BCUT2D eigenvalue weighted by atomic mass is 19.4. The summed E-state index contributed by atoms with van der Waals surface area (Å²) in [5.41, 5.74) is 4.70. The van der Waals surface area contributed by atoms with E-state index >= 15 is 0 Å². The number of halogens is 3. The van der Waals surface area contributed by atoms with Gasteiger partial charge in [-0.1, -0.05) is 0 Å². The maximum absolute atomic E-state index is 13.1. The maximum atomic E-state index is 13.1. The first kappa shape index (κ1) is 14.9. The van der Waals surface area contributed by atoms with Crippen LogP contribution in [0.5, 0.6) is 0 Å². The number of amides is 1. The molecule has 0 radical (unpaired) electrons. The lowest BCUT2D eigenvalue weighted by Crippen LogP contribution is -2.12. The lowest BCUT2D eigenvalue weighted by molar-refractivity contribution is -0.140. The molecule has 0 aliphatic carbocycles. The first-order valence-corrected chi connectivity index (χ1v) is 6.47. The number of hydrogen-bond donors (Lipinski definition) is 1. The Morgan fingerprint density at radius 1 is 1.35 bits per heavy atom. The molecule has 0 fully saturated rings. The zero-order valence-corrected chi connectivity index (χ0v) is 11.8. The van der Waals surface area contributed by atoms with Gasteiger partial charge in [0.2, 0.25) is 0 Å². The molecule has 0 spiro atoms. The van der Waals surface area contributed by atoms with Gasteiger partial charge in [-0.3, -0.25) is 9.78 Å². The van der Waals surface area contributed by atoms with Crippen LogP contribution in [0.3, 0.4) is 0 Å². The van der Waals surface area contributed by atoms with Crippen molar-refractivity contribution < 1.29 is 18.0 Å². The van der Waals surface area contributed by atoms with Gasteiger partial charge in [0.05, 0.1) is 11.9 Å². The number of aryl methyl sites for hydroxylation is 1. The average molecular weight is 321 g/mol. The number of alkyl halides is 3. The van der Waals surface area contributed by atoms with Crippen molar-refractivity contribution in [3.8, 4) is 11.3 Å². The summed E-state index contributed by atoms with van der Waals surface area (Å²) in [5.74, 6) is -0.758. The Labute approximate surface area is 127 Å². The molecule has 0 aliphatic heterocycles. The molecule has 3 aromatic heterocycles. The summed E-state index contributed by atoms with van der Waals surface area (Å²) in [6, 6.07) is 4.10. The molecule has 3 aromatic rings. The highest BCUT2D eigenvalue weighted by Gasteiger charge is 2.36. The van der Waals surface area contributed by atoms with Crippen LogP contribution in [0.15, 0.2) is 30.6 Å². The van der Waals surface area contributed by atoms with Crippen LogP contribution in [0.1, 0.15) is 21.7 Å². The van der Waals surface area contributed by atoms with E-state index in [9.17, 15) is 18.0 Å². The molecule has 0 saturated heterocycles. The van der Waals surface area contributed by atoms with Gasteiger partial charge in [-0.05, 0) is 25.1 Å². The Morgan fingerprint density at radius 2 is 2.09 bits per heavy atom. The van der Waals surface area contributed by atoms with Crippen molar-refractivity contribution in [3.05, 3.63) is 47.5 Å². The zero-order chi connectivity index (χ0) is 16.8. The van der Waals surface area contributed by atoms with Gasteiger partial charge in [0.1, 0.15) is 5.56 Å². The first-order valence-electron chi connectivity index (χ1n) is 6.47. The largest absolute Gasteiger partial charge is 0.434 e. The number of carbonyl (C=O) groups is 1. The molecule has 9 heteroatoms. The Hall–Kier alpha value is -2.97. The van der Waals surface area contributed by atoms with E-state index < -0.39 is 17.8 Å². The minimum absolute atomic E-state index is 0.0346. The van der Waals surface area contributed by atoms with Crippen LogP contribution >= 0.6 is 0 Å². The van der Waals surface area contributed by atoms with Gasteiger partial charge in [-0.15, -0.1) is 0 Å². The summed E-state index contributed by atoms with van der Waals surface area (Å²) in [4.78, 5) is 18.9. The molecule has 1 amide bonds. The fourth-order valence-electron chi connectivity index (χ4n) is 2.26. The summed E-state index contributed by atoms with van der Waals surface area (Å²) in [7, 11) is 0. The molecule has 0 atom stereocenters. The second-order valence-corrected chi connectivity index (χ2v) is 4.84. The number of nitrogens with zero attached hydrogens (tertiary/aromatic N) is 4. The Bertz CT molecular complexity index is 916. The van der Waals surface area contributed by atoms with Gasteiger partial charge in [0.25, 0.3) is 5.91 Å². The van der Waals surface area contributed by atoms with E-state index in [0.29, 0.717) is 5.69 Å². The van der Waals surface area contributed by atoms with E-state index in [-0.39, 0.29) is 22.5 Å². The first-order chi connectivity index (χ1) is 10.8. The number of hydrogen-bond acceptors (Lipinski definition) is 4. The number of rotatable bonds is 2. The van der Waals surface area contributed by atoms with E-state index in [1.165, 1.54) is 28.9 Å². The monoisotopic (exact) mass is 321 g/mol. The molecule has 0 bridgehead atoms. The van der Waals surface area contributed by atoms with Crippen molar-refractivity contribution in [3.63, 3.8) is 0 Å². The number of carbonyl (C=O) groups excluding carboxylic acids is 1. The highest BCUT2D eigenvalue weighted by molar-refractivity contribution is 5.98. The summed E-state index contributed by atoms with van der Waals surface area (Å²) in [6.07, 6.45) is -2.33. The third-order valence-electron chi connectivity index (χ3n) is 3.27. The van der Waals surface area contributed by atoms with Gasteiger partial charge < -0.3 is 5.73 Å². The van der Waals surface area contributed by atoms with Crippen molar-refractivity contribution in [2.24, 2.45) is 5.73 Å². The SMILES string of the molecule is Cc1cc(-c2cccnc2C(F)(F)F)nc2c(C(N)=O)cnn12. The molecule has 0 aliphatic rings. The van der Waals surface area contributed by atoms with Gasteiger partial charge >= 0.3 is 6.18 Å². The second kappa shape index (κ2) is 5.04. The van der Waals surface area contributed by atoms with Crippen molar-refractivity contribution >= 4 is 11.6 Å². The minimum atomic E-state index is -4.62. The Morgan fingerprint density at radius 3 is 2.74 bits per heavy atom. The topological polar surface area (TPSA) is 86.2 Å². The van der Waals surface area contributed by atoms with E-state index in [1.54, 1.807) is 6.92 Å². The van der Waals surface area contributed by atoms with Crippen molar-refractivity contribution in [1.29, 1.82) is 0 Å². The van der Waals surface area contributed by atoms with Crippen LogP contribution in [0.4, 0.5) is 13.2 Å². The second-order valence-electron chi connectivity index (χ2n) is 4.84. The Kier molecular flexibility index (Phi) is 3.28. The quantitative estimate of drug-likeness (QED) is 0.784. The number of fused-ring (bicyclic) bond motifs is 1. The van der Waals surface area contributed by atoms with E-state index in [1.807, 2.05) is 0 Å². The average Bonchev–Trinajstić information content (AvgIpc) is 2.91. The minimum Gasteiger partial charge on any atom is -0.365 e. The lowest BCUT2D eigenvalue weighted by atomic mass is 10.1. The molecule has 6 nitrogen and oxygen atoms in total. The molecule has 118 valence electrons. The molecule has 0 unspecified atom stereocenters. The third kappa shape index (κ3) is 2.50. The Balaban J connectivity index is 2.30. The lowest BCUT2D eigenvalue weighted by Gasteiger charge is -2.12. The van der Waals surface area contributed by atoms with Crippen LogP contribution in [-0.4, -0.2) is 25.5 Å². The molecule has 3 heterocycles. The number of nitrogens with two attached hydrogens (primary N) is 1.